The molecule has 0 unspecified atom stereocenters. The van der Waals surface area contributed by atoms with Gasteiger partial charge in [0.2, 0.25) is 0 Å². The van der Waals surface area contributed by atoms with Crippen LogP contribution < -0.4 is 15.4 Å². The number of ether oxygens (including phenoxy) is 1. The summed E-state index contributed by atoms with van der Waals surface area (Å²) in [6, 6.07) is 26.1. The predicted molar refractivity (Wildman–Crippen MR) is 115 cm³/mol. The molecule has 0 bridgehead atoms. The maximum Gasteiger partial charge on any atom is 0.119 e. The van der Waals surface area contributed by atoms with Crippen LogP contribution in [0.1, 0.15) is 29.9 Å². The quantitative estimate of drug-likeness (QED) is 0.663. The minimum absolute atomic E-state index is 0.555. The number of benzene rings is 3. The Morgan fingerprint density at radius 1 is 0.821 bits per heavy atom. The molecule has 3 nitrogen and oxygen atoms in total. The first-order chi connectivity index (χ1) is 13.9. The summed E-state index contributed by atoms with van der Waals surface area (Å²) in [7, 11) is 0. The van der Waals surface area contributed by atoms with Gasteiger partial charge in [-0.25, -0.2) is 0 Å². The van der Waals surface area contributed by atoms with Crippen LogP contribution in [0.15, 0.2) is 72.8 Å². The van der Waals surface area contributed by atoms with E-state index in [9.17, 15) is 0 Å². The van der Waals surface area contributed by atoms with Crippen LogP contribution in [0.5, 0.6) is 5.75 Å². The Balaban J connectivity index is 1.38. The van der Waals surface area contributed by atoms with Crippen LogP contribution in [0.2, 0.25) is 0 Å². The first kappa shape index (κ1) is 17.3. The molecule has 5 rings (SSSR count). The highest BCUT2D eigenvalue weighted by Crippen LogP contribution is 2.45. The molecule has 28 heavy (non-hydrogen) atoms. The molecule has 3 aromatic rings. The summed E-state index contributed by atoms with van der Waals surface area (Å²) in [5.41, 5.74) is 6.62. The average molecular weight is 370 g/mol. The lowest BCUT2D eigenvalue weighted by Gasteiger charge is -2.18. The highest BCUT2D eigenvalue weighted by atomic mass is 16.5. The smallest absolute Gasteiger partial charge is 0.119 e. The lowest BCUT2D eigenvalue weighted by atomic mass is 9.86. The average Bonchev–Trinajstić information content (AvgIpc) is 2.95. The summed E-state index contributed by atoms with van der Waals surface area (Å²) in [6.07, 6.45) is 2.38. The molecule has 2 heterocycles. The van der Waals surface area contributed by atoms with Gasteiger partial charge in [-0.3, -0.25) is 0 Å². The molecule has 0 aliphatic carbocycles. The van der Waals surface area contributed by atoms with Gasteiger partial charge in [0.05, 0.1) is 0 Å². The molecule has 2 atom stereocenters. The van der Waals surface area contributed by atoms with E-state index in [1.54, 1.807) is 0 Å². The molecule has 2 aliphatic heterocycles. The number of hydrogen-bond donors (Lipinski definition) is 2. The predicted octanol–water partition coefficient (Wildman–Crippen LogP) is 5.19. The molecular weight excluding hydrogens is 344 g/mol. The third kappa shape index (κ3) is 3.38. The highest BCUT2D eigenvalue weighted by molar-refractivity contribution is 5.78. The molecule has 3 aromatic carbocycles. The van der Waals surface area contributed by atoms with Gasteiger partial charge in [0, 0.05) is 17.6 Å². The van der Waals surface area contributed by atoms with Gasteiger partial charge in [-0.15, -0.1) is 0 Å². The van der Waals surface area contributed by atoms with E-state index in [4.69, 9.17) is 4.74 Å². The second kappa shape index (κ2) is 7.69. The van der Waals surface area contributed by atoms with E-state index >= 15 is 0 Å². The van der Waals surface area contributed by atoms with E-state index in [2.05, 4.69) is 65.2 Å². The third-order valence-corrected chi connectivity index (χ3v) is 5.98. The summed E-state index contributed by atoms with van der Waals surface area (Å²) in [6.45, 7) is 2.80. The molecule has 2 N–H and O–H groups in total. The van der Waals surface area contributed by atoms with Crippen molar-refractivity contribution in [3.8, 4) is 16.9 Å². The van der Waals surface area contributed by atoms with Crippen molar-refractivity contribution in [1.82, 2.24) is 5.32 Å². The molecule has 0 amide bonds. The number of hydrogen-bond acceptors (Lipinski definition) is 3. The molecule has 142 valence electrons. The summed E-state index contributed by atoms with van der Waals surface area (Å²) in [5, 5.41) is 7.32. The Kier molecular flexibility index (Phi) is 4.76. The third-order valence-electron chi connectivity index (χ3n) is 5.98. The lowest BCUT2D eigenvalue weighted by molar-refractivity contribution is 0.306. The molecule has 2 aliphatic rings. The van der Waals surface area contributed by atoms with Crippen LogP contribution in [0, 0.1) is 0 Å². The minimum atomic E-state index is 0.555. The molecule has 0 spiro atoms. The van der Waals surface area contributed by atoms with Gasteiger partial charge in [-0.2, -0.15) is 0 Å². The molecule has 1 saturated heterocycles. The summed E-state index contributed by atoms with van der Waals surface area (Å²) in [5.74, 6) is 1.50. The minimum Gasteiger partial charge on any atom is -0.489 e. The number of anilines is 1. The van der Waals surface area contributed by atoms with Crippen molar-refractivity contribution in [2.24, 2.45) is 0 Å². The highest BCUT2D eigenvalue weighted by Gasteiger charge is 2.34. The lowest BCUT2D eigenvalue weighted by Crippen LogP contribution is -2.21. The van der Waals surface area contributed by atoms with Crippen LogP contribution in [0.25, 0.3) is 11.1 Å². The van der Waals surface area contributed by atoms with Gasteiger partial charge < -0.3 is 15.4 Å². The van der Waals surface area contributed by atoms with Crippen molar-refractivity contribution in [3.63, 3.8) is 0 Å². The van der Waals surface area contributed by atoms with Crippen molar-refractivity contribution >= 4 is 5.69 Å². The van der Waals surface area contributed by atoms with Crippen LogP contribution in [-0.4, -0.2) is 19.1 Å². The standard InChI is InChI=1S/C25H26N2O/c1-2-5-18(6-3-1)17-28-20-11-9-19(10-12-20)21-7-4-8-24-25(21)22-13-15-26-16-14-23(22)27-24/h1-12,22-23,26-27H,13-17H2/t22-,23-/m0/s1. The van der Waals surface area contributed by atoms with Gasteiger partial charge in [0.1, 0.15) is 12.4 Å². The van der Waals surface area contributed by atoms with E-state index in [0.717, 1.165) is 18.8 Å². The zero-order valence-corrected chi connectivity index (χ0v) is 16.0. The van der Waals surface area contributed by atoms with Crippen molar-refractivity contribution in [2.75, 3.05) is 18.4 Å². The van der Waals surface area contributed by atoms with Gasteiger partial charge in [0.25, 0.3) is 0 Å². The fourth-order valence-electron chi connectivity index (χ4n) is 4.57. The normalized spacial score (nSPS) is 20.6. The van der Waals surface area contributed by atoms with E-state index in [1.165, 1.54) is 40.8 Å². The number of nitrogens with one attached hydrogen (secondary N) is 2. The molecule has 3 heteroatoms. The maximum absolute atomic E-state index is 5.96. The Morgan fingerprint density at radius 3 is 2.50 bits per heavy atom. The summed E-state index contributed by atoms with van der Waals surface area (Å²) in [4.78, 5) is 0. The monoisotopic (exact) mass is 370 g/mol. The molecule has 0 aromatic heterocycles. The van der Waals surface area contributed by atoms with Gasteiger partial charge in [0.15, 0.2) is 0 Å². The van der Waals surface area contributed by atoms with Crippen LogP contribution in [0.3, 0.4) is 0 Å². The van der Waals surface area contributed by atoms with Crippen molar-refractivity contribution in [3.05, 3.63) is 83.9 Å². The zero-order chi connectivity index (χ0) is 18.8. The first-order valence-electron chi connectivity index (χ1n) is 10.3. The second-order valence-corrected chi connectivity index (χ2v) is 7.75. The zero-order valence-electron chi connectivity index (χ0n) is 16.0. The Hall–Kier alpha value is -2.78. The maximum atomic E-state index is 5.96. The Morgan fingerprint density at radius 2 is 1.64 bits per heavy atom. The fourth-order valence-corrected chi connectivity index (χ4v) is 4.57. The largest absolute Gasteiger partial charge is 0.489 e. The molecular formula is C25H26N2O. The first-order valence-corrected chi connectivity index (χ1v) is 10.3. The summed E-state index contributed by atoms with van der Waals surface area (Å²) < 4.78 is 5.96. The molecule has 0 saturated carbocycles. The van der Waals surface area contributed by atoms with Crippen molar-refractivity contribution in [1.29, 1.82) is 0 Å². The van der Waals surface area contributed by atoms with Gasteiger partial charge in [-0.1, -0.05) is 54.6 Å². The number of rotatable bonds is 4. The topological polar surface area (TPSA) is 33.3 Å². The molecule has 1 fully saturated rings. The molecule has 0 radical (unpaired) electrons. The second-order valence-electron chi connectivity index (χ2n) is 7.75. The number of fused-ring (bicyclic) bond motifs is 3. The van der Waals surface area contributed by atoms with Gasteiger partial charge in [-0.05, 0) is 66.4 Å². The van der Waals surface area contributed by atoms with Crippen LogP contribution in [-0.2, 0) is 6.61 Å². The van der Waals surface area contributed by atoms with E-state index < -0.39 is 0 Å². The SMILES string of the molecule is c1ccc(COc2ccc(-c3cccc4c3[C@H]3CCNCC[C@@H]3N4)cc2)cc1. The van der Waals surface area contributed by atoms with E-state index in [0.29, 0.717) is 18.6 Å². The van der Waals surface area contributed by atoms with Crippen molar-refractivity contribution < 1.29 is 4.74 Å². The van der Waals surface area contributed by atoms with Crippen LogP contribution >= 0.6 is 0 Å². The van der Waals surface area contributed by atoms with Gasteiger partial charge >= 0.3 is 0 Å². The fraction of sp³-hybridized carbons (Fsp3) is 0.280. The van der Waals surface area contributed by atoms with E-state index in [1.807, 2.05) is 18.2 Å². The van der Waals surface area contributed by atoms with Crippen molar-refractivity contribution in [2.45, 2.75) is 31.4 Å². The Bertz CT molecular complexity index is 937. The Labute approximate surface area is 166 Å². The van der Waals surface area contributed by atoms with E-state index in [-0.39, 0.29) is 0 Å². The van der Waals surface area contributed by atoms with Crippen LogP contribution in [0.4, 0.5) is 5.69 Å². The summed E-state index contributed by atoms with van der Waals surface area (Å²) >= 11 is 0.